The third-order valence-electron chi connectivity index (χ3n) is 3.30. The molecular formula is C15H12F2O2. The minimum Gasteiger partial charge on any atom is -0.493 e. The Balaban J connectivity index is 2.05. The minimum atomic E-state index is -1.16. The van der Waals surface area contributed by atoms with E-state index in [-0.39, 0.29) is 5.56 Å². The Morgan fingerprint density at radius 3 is 2.74 bits per heavy atom. The first-order chi connectivity index (χ1) is 9.16. The van der Waals surface area contributed by atoms with Crippen molar-refractivity contribution in [1.82, 2.24) is 0 Å². The second-order valence-electron chi connectivity index (χ2n) is 4.50. The molecule has 1 unspecified atom stereocenters. The average molecular weight is 262 g/mol. The number of rotatable bonds is 2. The van der Waals surface area contributed by atoms with Crippen molar-refractivity contribution in [1.29, 1.82) is 0 Å². The van der Waals surface area contributed by atoms with Crippen molar-refractivity contribution in [3.63, 3.8) is 0 Å². The number of fused-ring (bicyclic) bond motifs is 1. The van der Waals surface area contributed by atoms with Gasteiger partial charge in [0.25, 0.3) is 0 Å². The van der Waals surface area contributed by atoms with E-state index in [1.54, 1.807) is 12.1 Å². The van der Waals surface area contributed by atoms with Crippen molar-refractivity contribution in [2.24, 2.45) is 0 Å². The summed E-state index contributed by atoms with van der Waals surface area (Å²) in [7, 11) is 0. The summed E-state index contributed by atoms with van der Waals surface area (Å²) in [6.07, 6.45) is -0.379. The molecule has 0 spiro atoms. The molecule has 0 radical (unpaired) electrons. The van der Waals surface area contributed by atoms with Gasteiger partial charge in [0.05, 0.1) is 6.61 Å². The van der Waals surface area contributed by atoms with E-state index in [0.29, 0.717) is 17.9 Å². The van der Waals surface area contributed by atoms with Crippen LogP contribution in [0.25, 0.3) is 0 Å². The van der Waals surface area contributed by atoms with Crippen molar-refractivity contribution in [3.05, 3.63) is 64.7 Å². The van der Waals surface area contributed by atoms with Crippen LogP contribution >= 0.6 is 0 Å². The van der Waals surface area contributed by atoms with Crippen LogP contribution < -0.4 is 4.74 Å². The highest BCUT2D eigenvalue weighted by Crippen LogP contribution is 2.36. The van der Waals surface area contributed by atoms with Crippen LogP contribution in [0.5, 0.6) is 5.75 Å². The Bertz CT molecular complexity index is 626. The van der Waals surface area contributed by atoms with Gasteiger partial charge >= 0.3 is 0 Å². The molecule has 2 aromatic rings. The van der Waals surface area contributed by atoms with Crippen molar-refractivity contribution < 1.29 is 18.6 Å². The van der Waals surface area contributed by atoms with Crippen LogP contribution in [0.3, 0.4) is 0 Å². The van der Waals surface area contributed by atoms with E-state index < -0.39 is 17.7 Å². The molecule has 98 valence electrons. The van der Waals surface area contributed by atoms with E-state index in [1.807, 2.05) is 6.07 Å². The Kier molecular flexibility index (Phi) is 2.95. The number of hydrogen-bond acceptors (Lipinski definition) is 2. The second-order valence-corrected chi connectivity index (χ2v) is 4.50. The minimum absolute atomic E-state index is 0.0466. The zero-order chi connectivity index (χ0) is 13.4. The van der Waals surface area contributed by atoms with E-state index in [4.69, 9.17) is 4.74 Å². The molecule has 2 aromatic carbocycles. The molecule has 3 rings (SSSR count). The van der Waals surface area contributed by atoms with Crippen LogP contribution in [0.15, 0.2) is 36.4 Å². The molecule has 4 heteroatoms. The van der Waals surface area contributed by atoms with Gasteiger partial charge in [-0.25, -0.2) is 8.78 Å². The molecule has 1 heterocycles. The van der Waals surface area contributed by atoms with Crippen molar-refractivity contribution >= 4 is 0 Å². The number of ether oxygens (including phenoxy) is 1. The van der Waals surface area contributed by atoms with E-state index in [2.05, 4.69) is 0 Å². The first kappa shape index (κ1) is 12.1. The lowest BCUT2D eigenvalue weighted by Gasteiger charge is -2.15. The third kappa shape index (κ3) is 2.08. The van der Waals surface area contributed by atoms with Crippen molar-refractivity contribution in [2.45, 2.75) is 12.5 Å². The maximum Gasteiger partial charge on any atom is 0.132 e. The lowest BCUT2D eigenvalue weighted by Crippen LogP contribution is -2.05. The van der Waals surface area contributed by atoms with E-state index >= 15 is 0 Å². The molecule has 0 aliphatic carbocycles. The number of aliphatic hydroxyl groups is 1. The first-order valence-electron chi connectivity index (χ1n) is 6.04. The highest BCUT2D eigenvalue weighted by molar-refractivity contribution is 5.48. The van der Waals surface area contributed by atoms with Gasteiger partial charge < -0.3 is 9.84 Å². The zero-order valence-corrected chi connectivity index (χ0v) is 10.1. The number of halogens is 2. The smallest absolute Gasteiger partial charge is 0.132 e. The summed E-state index contributed by atoms with van der Waals surface area (Å²) in [4.78, 5) is 0. The number of aliphatic hydroxyl groups excluding tert-OH is 1. The topological polar surface area (TPSA) is 29.5 Å². The van der Waals surface area contributed by atoms with Crippen LogP contribution in [0.1, 0.15) is 22.8 Å². The number of hydrogen-bond donors (Lipinski definition) is 1. The van der Waals surface area contributed by atoms with Gasteiger partial charge in [0.15, 0.2) is 0 Å². The van der Waals surface area contributed by atoms with Crippen LogP contribution in [0.4, 0.5) is 8.78 Å². The highest BCUT2D eigenvalue weighted by Gasteiger charge is 2.23. The Morgan fingerprint density at radius 2 is 1.95 bits per heavy atom. The SMILES string of the molecule is OC(c1ccc(F)cc1F)c1cccc2c1OCC2. The van der Waals surface area contributed by atoms with E-state index in [9.17, 15) is 13.9 Å². The molecule has 0 bridgehead atoms. The van der Waals surface area contributed by atoms with Gasteiger partial charge in [-0.1, -0.05) is 24.3 Å². The molecule has 1 N–H and O–H groups in total. The summed E-state index contributed by atoms with van der Waals surface area (Å²) in [5.74, 6) is -0.815. The summed E-state index contributed by atoms with van der Waals surface area (Å²) in [6, 6.07) is 8.56. The molecule has 0 amide bonds. The Morgan fingerprint density at radius 1 is 1.11 bits per heavy atom. The first-order valence-corrected chi connectivity index (χ1v) is 6.04. The fourth-order valence-electron chi connectivity index (χ4n) is 2.35. The van der Waals surface area contributed by atoms with Crippen molar-refractivity contribution in [2.75, 3.05) is 6.61 Å². The fraction of sp³-hybridized carbons (Fsp3) is 0.200. The quantitative estimate of drug-likeness (QED) is 0.901. The van der Waals surface area contributed by atoms with Gasteiger partial charge in [0.1, 0.15) is 23.5 Å². The van der Waals surface area contributed by atoms with Crippen LogP contribution in [0.2, 0.25) is 0 Å². The fourth-order valence-corrected chi connectivity index (χ4v) is 2.35. The highest BCUT2D eigenvalue weighted by atomic mass is 19.1. The average Bonchev–Trinajstić information content (AvgIpc) is 2.86. The molecule has 1 aliphatic rings. The van der Waals surface area contributed by atoms with Crippen molar-refractivity contribution in [3.8, 4) is 5.75 Å². The summed E-state index contributed by atoms with van der Waals surface area (Å²) >= 11 is 0. The van der Waals surface area contributed by atoms with Crippen LogP contribution in [0, 0.1) is 11.6 Å². The van der Waals surface area contributed by atoms with Gasteiger partial charge in [0.2, 0.25) is 0 Å². The number of para-hydroxylation sites is 1. The van der Waals surface area contributed by atoms with Gasteiger partial charge in [-0.15, -0.1) is 0 Å². The molecule has 2 nitrogen and oxygen atoms in total. The molecular weight excluding hydrogens is 250 g/mol. The van der Waals surface area contributed by atoms with Gasteiger partial charge in [-0.05, 0) is 11.6 Å². The van der Waals surface area contributed by atoms with Gasteiger partial charge in [-0.3, -0.25) is 0 Å². The summed E-state index contributed by atoms with van der Waals surface area (Å²) in [6.45, 7) is 0.560. The predicted octanol–water partition coefficient (Wildman–Crippen LogP) is 2.98. The van der Waals surface area contributed by atoms with Gasteiger partial charge in [0, 0.05) is 23.6 Å². The molecule has 0 saturated heterocycles. The summed E-state index contributed by atoms with van der Waals surface area (Å²) < 4.78 is 32.1. The normalized spacial score (nSPS) is 14.9. The maximum atomic E-state index is 13.7. The standard InChI is InChI=1S/C15H12F2O2/c16-10-4-5-11(13(17)8-10)14(18)12-3-1-2-9-6-7-19-15(9)12/h1-5,8,14,18H,6-7H2. The third-order valence-corrected chi connectivity index (χ3v) is 3.30. The van der Waals surface area contributed by atoms with Crippen LogP contribution in [-0.4, -0.2) is 11.7 Å². The predicted molar refractivity (Wildman–Crippen MR) is 66.1 cm³/mol. The Hall–Kier alpha value is -1.94. The van der Waals surface area contributed by atoms with Crippen LogP contribution in [-0.2, 0) is 6.42 Å². The molecule has 0 saturated carbocycles. The largest absolute Gasteiger partial charge is 0.493 e. The van der Waals surface area contributed by atoms with Gasteiger partial charge in [-0.2, -0.15) is 0 Å². The summed E-state index contributed by atoms with van der Waals surface area (Å²) in [5, 5.41) is 10.3. The zero-order valence-electron chi connectivity index (χ0n) is 10.1. The summed E-state index contributed by atoms with van der Waals surface area (Å²) in [5.41, 5.74) is 1.56. The lowest BCUT2D eigenvalue weighted by atomic mass is 9.98. The monoisotopic (exact) mass is 262 g/mol. The number of benzene rings is 2. The molecule has 1 aliphatic heterocycles. The lowest BCUT2D eigenvalue weighted by molar-refractivity contribution is 0.208. The molecule has 1 atom stereocenters. The molecule has 0 fully saturated rings. The second kappa shape index (κ2) is 4.63. The van der Waals surface area contributed by atoms with E-state index in [0.717, 1.165) is 24.1 Å². The maximum absolute atomic E-state index is 13.7. The molecule has 0 aromatic heterocycles. The van der Waals surface area contributed by atoms with E-state index in [1.165, 1.54) is 6.07 Å². The Labute approximate surface area is 109 Å². The molecule has 19 heavy (non-hydrogen) atoms.